The smallest absolute Gasteiger partial charge is 0.410 e. The minimum Gasteiger partial charge on any atom is -0.481 e. The number of carboxylic acid groups (broad SMARTS) is 1. The molecular weight excluding hydrogens is 305 g/mol. The maximum atomic E-state index is 15.1. The summed E-state index contributed by atoms with van der Waals surface area (Å²) < 4.78 is 25.5. The van der Waals surface area contributed by atoms with E-state index in [4.69, 9.17) is 9.47 Å². The summed E-state index contributed by atoms with van der Waals surface area (Å²) in [4.78, 5) is 24.9. The summed E-state index contributed by atoms with van der Waals surface area (Å²) in [5, 5.41) is 9.47. The van der Waals surface area contributed by atoms with Crippen LogP contribution in [-0.4, -0.2) is 54.0 Å². The summed E-state index contributed by atoms with van der Waals surface area (Å²) in [6.45, 7) is -0.547. The molecule has 6 nitrogen and oxygen atoms in total. The van der Waals surface area contributed by atoms with Gasteiger partial charge in [-0.3, -0.25) is 4.79 Å². The van der Waals surface area contributed by atoms with Crippen LogP contribution in [0.5, 0.6) is 0 Å². The second-order valence-corrected chi connectivity index (χ2v) is 6.05. The van der Waals surface area contributed by atoms with E-state index in [0.29, 0.717) is 0 Å². The van der Waals surface area contributed by atoms with Crippen LogP contribution in [0.25, 0.3) is 0 Å². The Morgan fingerprint density at radius 3 is 2.70 bits per heavy atom. The van der Waals surface area contributed by atoms with Gasteiger partial charge in [0.2, 0.25) is 0 Å². The van der Waals surface area contributed by atoms with Crippen molar-refractivity contribution in [2.45, 2.75) is 18.7 Å². The lowest BCUT2D eigenvalue weighted by Crippen LogP contribution is -2.56. The fourth-order valence-corrected chi connectivity index (χ4v) is 3.21. The number of ether oxygens (including phenoxy) is 2. The van der Waals surface area contributed by atoms with Crippen LogP contribution >= 0.6 is 0 Å². The van der Waals surface area contributed by atoms with Crippen molar-refractivity contribution in [2.75, 3.05) is 26.3 Å². The second-order valence-electron chi connectivity index (χ2n) is 6.05. The maximum absolute atomic E-state index is 15.1. The van der Waals surface area contributed by atoms with Crippen molar-refractivity contribution >= 4 is 12.1 Å². The normalized spacial score (nSPS) is 29.9. The van der Waals surface area contributed by atoms with E-state index in [-0.39, 0.29) is 39.3 Å². The Morgan fingerprint density at radius 2 is 2.04 bits per heavy atom. The van der Waals surface area contributed by atoms with E-state index in [1.54, 1.807) is 12.1 Å². The Balaban J connectivity index is 1.70. The van der Waals surface area contributed by atoms with Gasteiger partial charge in [0.15, 0.2) is 5.67 Å². The number of rotatable bonds is 3. The molecule has 2 saturated heterocycles. The molecule has 0 spiro atoms. The number of likely N-dealkylation sites (tertiary alicyclic amines) is 1. The van der Waals surface area contributed by atoms with Gasteiger partial charge < -0.3 is 19.5 Å². The minimum absolute atomic E-state index is 0.0399. The van der Waals surface area contributed by atoms with Crippen LogP contribution in [0.1, 0.15) is 12.0 Å². The van der Waals surface area contributed by atoms with E-state index in [0.717, 1.165) is 10.5 Å². The summed E-state index contributed by atoms with van der Waals surface area (Å²) in [7, 11) is 0. The third kappa shape index (κ3) is 2.65. The number of carbonyl (C=O) groups excluding carboxylic acids is 1. The van der Waals surface area contributed by atoms with Crippen LogP contribution in [0.2, 0.25) is 0 Å². The zero-order valence-corrected chi connectivity index (χ0v) is 12.5. The predicted molar refractivity (Wildman–Crippen MR) is 77.5 cm³/mol. The van der Waals surface area contributed by atoms with Gasteiger partial charge in [-0.15, -0.1) is 0 Å². The molecular formula is C16H18FNO5. The number of halogens is 1. The number of hydrogen-bond acceptors (Lipinski definition) is 4. The van der Waals surface area contributed by atoms with Crippen LogP contribution in [-0.2, 0) is 20.9 Å². The largest absolute Gasteiger partial charge is 0.481 e. The Labute approximate surface area is 132 Å². The number of carboxylic acids is 1. The highest BCUT2D eigenvalue weighted by Crippen LogP contribution is 2.48. The zero-order valence-electron chi connectivity index (χ0n) is 12.5. The lowest BCUT2D eigenvalue weighted by Gasteiger charge is -2.38. The first kappa shape index (κ1) is 15.7. The van der Waals surface area contributed by atoms with Gasteiger partial charge in [0.25, 0.3) is 0 Å². The van der Waals surface area contributed by atoms with E-state index in [9.17, 15) is 14.7 Å². The molecule has 0 saturated carbocycles. The van der Waals surface area contributed by atoms with Gasteiger partial charge in [0, 0.05) is 19.6 Å². The van der Waals surface area contributed by atoms with Crippen molar-refractivity contribution in [3.8, 4) is 0 Å². The molecule has 23 heavy (non-hydrogen) atoms. The minimum atomic E-state index is -1.98. The van der Waals surface area contributed by atoms with Crippen molar-refractivity contribution in [3.63, 3.8) is 0 Å². The van der Waals surface area contributed by atoms with Crippen molar-refractivity contribution in [1.29, 1.82) is 0 Å². The topological polar surface area (TPSA) is 76.1 Å². The summed E-state index contributed by atoms with van der Waals surface area (Å²) in [5.74, 6) is -1.28. The first-order chi connectivity index (χ1) is 11.0. The summed E-state index contributed by atoms with van der Waals surface area (Å²) in [6, 6.07) is 9.10. The van der Waals surface area contributed by atoms with E-state index in [1.807, 2.05) is 18.2 Å². The number of benzene rings is 1. The molecule has 0 bridgehead atoms. The van der Waals surface area contributed by atoms with Crippen LogP contribution in [0.4, 0.5) is 9.18 Å². The molecule has 1 amide bonds. The molecule has 0 aromatic heterocycles. The van der Waals surface area contributed by atoms with Crippen LogP contribution in [0, 0.1) is 5.41 Å². The lowest BCUT2D eigenvalue weighted by atomic mass is 9.73. The molecule has 2 aliphatic rings. The Kier molecular flexibility index (Phi) is 3.97. The molecule has 0 aliphatic carbocycles. The van der Waals surface area contributed by atoms with E-state index < -0.39 is 23.1 Å². The zero-order chi connectivity index (χ0) is 16.5. The van der Waals surface area contributed by atoms with Crippen LogP contribution in [0.15, 0.2) is 30.3 Å². The average molecular weight is 323 g/mol. The third-order valence-electron chi connectivity index (χ3n) is 4.62. The summed E-state index contributed by atoms with van der Waals surface area (Å²) in [6.07, 6.45) is -0.747. The standard InChI is InChI=1S/C16H18FNO5/c17-16-6-7-22-11-15(16,13(19)20)9-18(10-16)14(21)23-8-12-4-2-1-3-5-12/h1-5H,6-11H2,(H,19,20)/t15-,16+/m1/s1. The fraction of sp³-hybridized carbons (Fsp3) is 0.500. The monoisotopic (exact) mass is 323 g/mol. The number of aliphatic carboxylic acids is 1. The molecule has 1 N–H and O–H groups in total. The molecule has 1 aromatic rings. The number of amides is 1. The van der Waals surface area contributed by atoms with E-state index in [1.165, 1.54) is 0 Å². The van der Waals surface area contributed by atoms with Crippen molar-refractivity contribution in [2.24, 2.45) is 5.41 Å². The highest BCUT2D eigenvalue weighted by molar-refractivity contribution is 5.80. The quantitative estimate of drug-likeness (QED) is 0.918. The number of fused-ring (bicyclic) bond motifs is 1. The van der Waals surface area contributed by atoms with Gasteiger partial charge in [-0.2, -0.15) is 0 Å². The van der Waals surface area contributed by atoms with Gasteiger partial charge in [0.1, 0.15) is 12.0 Å². The average Bonchev–Trinajstić information content (AvgIpc) is 2.88. The SMILES string of the molecule is O=C(OCc1ccccc1)N1C[C@@]2(F)CCOC[C@@]2(C(=O)O)C1. The molecule has 1 aromatic carbocycles. The van der Waals surface area contributed by atoms with E-state index >= 15 is 4.39 Å². The number of carbonyl (C=O) groups is 2. The predicted octanol–water partition coefficient (Wildman–Crippen LogP) is 1.84. The van der Waals surface area contributed by atoms with Gasteiger partial charge in [0.05, 0.1) is 13.2 Å². The molecule has 2 aliphatic heterocycles. The Morgan fingerprint density at radius 1 is 1.30 bits per heavy atom. The van der Waals surface area contributed by atoms with Crippen molar-refractivity contribution < 1.29 is 28.6 Å². The molecule has 2 fully saturated rings. The molecule has 0 radical (unpaired) electrons. The molecule has 7 heteroatoms. The van der Waals surface area contributed by atoms with Crippen molar-refractivity contribution in [3.05, 3.63) is 35.9 Å². The first-order valence-electron chi connectivity index (χ1n) is 7.43. The lowest BCUT2D eigenvalue weighted by molar-refractivity contribution is -0.171. The van der Waals surface area contributed by atoms with Crippen LogP contribution < -0.4 is 0 Å². The van der Waals surface area contributed by atoms with Gasteiger partial charge in [-0.25, -0.2) is 9.18 Å². The number of nitrogens with zero attached hydrogens (tertiary/aromatic N) is 1. The van der Waals surface area contributed by atoms with Gasteiger partial charge in [-0.1, -0.05) is 30.3 Å². The summed E-state index contributed by atoms with van der Waals surface area (Å²) in [5.41, 5.74) is -2.89. The molecule has 0 unspecified atom stereocenters. The Hall–Kier alpha value is -2.15. The number of alkyl halides is 1. The number of hydrogen-bond donors (Lipinski definition) is 1. The van der Waals surface area contributed by atoms with Gasteiger partial charge in [-0.05, 0) is 5.56 Å². The first-order valence-corrected chi connectivity index (χ1v) is 7.43. The highest BCUT2D eigenvalue weighted by Gasteiger charge is 2.66. The van der Waals surface area contributed by atoms with Crippen molar-refractivity contribution in [1.82, 2.24) is 4.90 Å². The molecule has 124 valence electrons. The fourth-order valence-electron chi connectivity index (χ4n) is 3.21. The summed E-state index contributed by atoms with van der Waals surface area (Å²) >= 11 is 0. The van der Waals surface area contributed by atoms with Gasteiger partial charge >= 0.3 is 12.1 Å². The molecule has 2 heterocycles. The van der Waals surface area contributed by atoms with E-state index in [2.05, 4.69) is 0 Å². The maximum Gasteiger partial charge on any atom is 0.410 e. The third-order valence-corrected chi connectivity index (χ3v) is 4.62. The second kappa shape index (κ2) is 5.81. The molecule has 2 atom stereocenters. The van der Waals surface area contributed by atoms with Crippen LogP contribution in [0.3, 0.4) is 0 Å². The molecule has 3 rings (SSSR count). The Bertz CT molecular complexity index is 610. The highest BCUT2D eigenvalue weighted by atomic mass is 19.1.